The van der Waals surface area contributed by atoms with E-state index in [1.54, 1.807) is 6.07 Å². The lowest BCUT2D eigenvalue weighted by molar-refractivity contribution is -0.142. The van der Waals surface area contributed by atoms with E-state index in [0.29, 0.717) is 12.8 Å². The van der Waals surface area contributed by atoms with Crippen LogP contribution in [-0.2, 0) is 15.0 Å². The number of aliphatic carboxylic acids is 1. The Hall–Kier alpha value is -1.17. The van der Waals surface area contributed by atoms with Crippen LogP contribution < -0.4 is 4.72 Å². The van der Waals surface area contributed by atoms with Crippen molar-refractivity contribution >= 4 is 16.2 Å². The monoisotopic (exact) mass is 247 g/mol. The molecule has 16 heavy (non-hydrogen) atoms. The van der Waals surface area contributed by atoms with Gasteiger partial charge in [0.2, 0.25) is 0 Å². The van der Waals surface area contributed by atoms with Gasteiger partial charge in [-0.2, -0.15) is 22.7 Å². The first-order valence-electron chi connectivity index (χ1n) is 4.82. The molecule has 0 unspecified atom stereocenters. The molecule has 0 aromatic carbocycles. The van der Waals surface area contributed by atoms with E-state index < -0.39 is 22.1 Å². The van der Waals surface area contributed by atoms with Crippen molar-refractivity contribution in [3.63, 3.8) is 0 Å². The average molecular weight is 247 g/mol. The van der Waals surface area contributed by atoms with Crippen LogP contribution in [0.2, 0.25) is 0 Å². The first-order valence-corrected chi connectivity index (χ1v) is 6.26. The summed E-state index contributed by atoms with van der Waals surface area (Å²) in [6.45, 7) is 0.0800. The fourth-order valence-electron chi connectivity index (χ4n) is 1.56. The van der Waals surface area contributed by atoms with Gasteiger partial charge in [0.05, 0.1) is 18.5 Å². The molecule has 0 aromatic rings. The van der Waals surface area contributed by atoms with Gasteiger partial charge in [0.1, 0.15) is 0 Å². The Kier molecular flexibility index (Phi) is 4.23. The highest BCUT2D eigenvalue weighted by Gasteiger charge is 2.30. The number of nitrogens with zero attached hydrogens (tertiary/aromatic N) is 2. The number of rotatable bonds is 4. The van der Waals surface area contributed by atoms with E-state index in [9.17, 15) is 13.2 Å². The molecule has 1 aliphatic rings. The highest BCUT2D eigenvalue weighted by molar-refractivity contribution is 7.87. The third-order valence-electron chi connectivity index (χ3n) is 2.48. The normalized spacial score (nSPS) is 19.2. The van der Waals surface area contributed by atoms with Crippen molar-refractivity contribution in [3.05, 3.63) is 0 Å². The molecule has 7 nitrogen and oxygen atoms in total. The second-order valence-electron chi connectivity index (χ2n) is 3.50. The van der Waals surface area contributed by atoms with Crippen molar-refractivity contribution in [2.45, 2.75) is 12.8 Å². The lowest BCUT2D eigenvalue weighted by atomic mass is 9.99. The molecule has 0 spiro atoms. The summed E-state index contributed by atoms with van der Waals surface area (Å²) >= 11 is 0. The maximum absolute atomic E-state index is 11.5. The summed E-state index contributed by atoms with van der Waals surface area (Å²) in [6.07, 6.45) is 0.617. The van der Waals surface area contributed by atoms with Gasteiger partial charge in [0, 0.05) is 13.1 Å². The summed E-state index contributed by atoms with van der Waals surface area (Å²) in [5, 5.41) is 17.0. The van der Waals surface area contributed by atoms with Crippen LogP contribution in [0.25, 0.3) is 0 Å². The third kappa shape index (κ3) is 3.16. The molecule has 0 bridgehead atoms. The first kappa shape index (κ1) is 12.9. The number of carboxylic acids is 1. The molecule has 1 aliphatic heterocycles. The van der Waals surface area contributed by atoms with E-state index in [-0.39, 0.29) is 19.6 Å². The SMILES string of the molecule is N#CCNS(=O)(=O)N1CCC(C(=O)O)CC1. The molecule has 0 aromatic heterocycles. The van der Waals surface area contributed by atoms with Crippen LogP contribution in [0.3, 0.4) is 0 Å². The molecule has 0 radical (unpaired) electrons. The molecule has 90 valence electrons. The minimum atomic E-state index is -3.63. The van der Waals surface area contributed by atoms with Gasteiger partial charge in [-0.3, -0.25) is 4.79 Å². The van der Waals surface area contributed by atoms with Crippen LogP contribution >= 0.6 is 0 Å². The number of nitrogens with one attached hydrogen (secondary N) is 1. The Balaban J connectivity index is 2.54. The molecule has 0 saturated carbocycles. The zero-order chi connectivity index (χ0) is 12.2. The molecular formula is C8H13N3O4S. The summed E-state index contributed by atoms with van der Waals surface area (Å²) in [5.74, 6) is -1.36. The molecule has 0 atom stereocenters. The Morgan fingerprint density at radius 2 is 2.06 bits per heavy atom. The van der Waals surface area contributed by atoms with Gasteiger partial charge in [0.25, 0.3) is 10.2 Å². The van der Waals surface area contributed by atoms with Crippen LogP contribution in [0.4, 0.5) is 0 Å². The van der Waals surface area contributed by atoms with Crippen molar-refractivity contribution < 1.29 is 18.3 Å². The Bertz CT molecular complexity index is 392. The van der Waals surface area contributed by atoms with Gasteiger partial charge < -0.3 is 5.11 Å². The van der Waals surface area contributed by atoms with E-state index >= 15 is 0 Å². The summed E-state index contributed by atoms with van der Waals surface area (Å²) in [4.78, 5) is 10.7. The summed E-state index contributed by atoms with van der Waals surface area (Å²) in [6, 6.07) is 1.68. The van der Waals surface area contributed by atoms with Crippen LogP contribution in [0.15, 0.2) is 0 Å². The predicted octanol–water partition coefficient (Wildman–Crippen LogP) is -0.859. The quantitative estimate of drug-likeness (QED) is 0.628. The number of hydrogen-bond donors (Lipinski definition) is 2. The minimum Gasteiger partial charge on any atom is -0.481 e. The van der Waals surface area contributed by atoms with E-state index in [2.05, 4.69) is 4.72 Å². The van der Waals surface area contributed by atoms with Crippen molar-refractivity contribution in [2.75, 3.05) is 19.6 Å². The van der Waals surface area contributed by atoms with Crippen LogP contribution in [0.1, 0.15) is 12.8 Å². The number of carboxylic acid groups (broad SMARTS) is 1. The van der Waals surface area contributed by atoms with Crippen LogP contribution in [-0.4, -0.2) is 43.4 Å². The van der Waals surface area contributed by atoms with Crippen molar-refractivity contribution in [2.24, 2.45) is 5.92 Å². The largest absolute Gasteiger partial charge is 0.481 e. The molecular weight excluding hydrogens is 234 g/mol. The average Bonchev–Trinajstić information content (AvgIpc) is 2.26. The predicted molar refractivity (Wildman–Crippen MR) is 54.5 cm³/mol. The van der Waals surface area contributed by atoms with Crippen LogP contribution in [0.5, 0.6) is 0 Å². The van der Waals surface area contributed by atoms with Gasteiger partial charge in [0.15, 0.2) is 0 Å². The fraction of sp³-hybridized carbons (Fsp3) is 0.750. The topological polar surface area (TPSA) is 111 Å². The molecule has 1 heterocycles. The van der Waals surface area contributed by atoms with Gasteiger partial charge in [-0.05, 0) is 12.8 Å². The van der Waals surface area contributed by atoms with Gasteiger partial charge in [-0.1, -0.05) is 0 Å². The molecule has 1 fully saturated rings. The molecule has 1 rings (SSSR count). The Morgan fingerprint density at radius 3 is 2.50 bits per heavy atom. The Labute approximate surface area is 93.8 Å². The van der Waals surface area contributed by atoms with Crippen molar-refractivity contribution in [3.8, 4) is 6.07 Å². The number of hydrogen-bond acceptors (Lipinski definition) is 4. The fourth-order valence-corrected chi connectivity index (χ4v) is 2.68. The van der Waals surface area contributed by atoms with Crippen molar-refractivity contribution in [1.82, 2.24) is 9.03 Å². The summed E-state index contributed by atoms with van der Waals surface area (Å²) in [7, 11) is -3.63. The zero-order valence-corrected chi connectivity index (χ0v) is 9.40. The molecule has 1 saturated heterocycles. The summed E-state index contributed by atoms with van der Waals surface area (Å²) in [5.41, 5.74) is 0. The Morgan fingerprint density at radius 1 is 1.50 bits per heavy atom. The second-order valence-corrected chi connectivity index (χ2v) is 5.25. The molecule has 0 amide bonds. The molecule has 0 aliphatic carbocycles. The smallest absolute Gasteiger partial charge is 0.306 e. The number of nitriles is 1. The second kappa shape index (κ2) is 5.25. The van der Waals surface area contributed by atoms with Gasteiger partial charge in [-0.25, -0.2) is 0 Å². The summed E-state index contributed by atoms with van der Waals surface area (Å²) < 4.78 is 26.4. The number of carbonyl (C=O) groups is 1. The lowest BCUT2D eigenvalue weighted by Crippen LogP contribution is -2.46. The standard InChI is InChI=1S/C8H13N3O4S/c9-3-4-10-16(14,15)11-5-1-7(2-6-11)8(12)13/h7,10H,1-2,4-6H2,(H,12,13). The highest BCUT2D eigenvalue weighted by Crippen LogP contribution is 2.18. The van der Waals surface area contributed by atoms with E-state index in [4.69, 9.17) is 10.4 Å². The number of piperidine rings is 1. The third-order valence-corrected chi connectivity index (χ3v) is 4.03. The minimum absolute atomic E-state index is 0.178. The lowest BCUT2D eigenvalue weighted by Gasteiger charge is -2.28. The first-order chi connectivity index (χ1) is 7.47. The van der Waals surface area contributed by atoms with E-state index in [1.807, 2.05) is 0 Å². The van der Waals surface area contributed by atoms with E-state index in [1.165, 1.54) is 4.31 Å². The molecule has 2 N–H and O–H groups in total. The van der Waals surface area contributed by atoms with Gasteiger partial charge in [-0.15, -0.1) is 0 Å². The maximum Gasteiger partial charge on any atom is 0.306 e. The van der Waals surface area contributed by atoms with Crippen molar-refractivity contribution in [1.29, 1.82) is 5.26 Å². The maximum atomic E-state index is 11.5. The zero-order valence-electron chi connectivity index (χ0n) is 8.59. The highest BCUT2D eigenvalue weighted by atomic mass is 32.2. The molecule has 8 heteroatoms. The van der Waals surface area contributed by atoms with Gasteiger partial charge >= 0.3 is 5.97 Å². The van der Waals surface area contributed by atoms with E-state index in [0.717, 1.165) is 0 Å². The van der Waals surface area contributed by atoms with Crippen LogP contribution in [0, 0.1) is 17.2 Å².